The second-order valence-electron chi connectivity index (χ2n) is 5.45. The summed E-state index contributed by atoms with van der Waals surface area (Å²) in [6.45, 7) is 3.66. The lowest BCUT2D eigenvalue weighted by Gasteiger charge is -2.25. The van der Waals surface area contributed by atoms with E-state index in [4.69, 9.17) is 0 Å². The number of nitrogens with zero attached hydrogens (tertiary/aromatic N) is 3. The van der Waals surface area contributed by atoms with Crippen LogP contribution in [0.5, 0.6) is 0 Å². The zero-order valence-electron chi connectivity index (χ0n) is 12.2. The van der Waals surface area contributed by atoms with Gasteiger partial charge in [0.25, 0.3) is 0 Å². The maximum atomic E-state index is 12.5. The first-order chi connectivity index (χ1) is 10.3. The number of nitrogens with one attached hydrogen (secondary N) is 1. The Hall–Kier alpha value is -2.01. The Bertz CT molecular complexity index is 635. The van der Waals surface area contributed by atoms with Crippen LogP contribution in [0.2, 0.25) is 0 Å². The SMILES string of the molecule is CCCn1ncnc1CC(=O)C1Cc2ccccc2CN1. The van der Waals surface area contributed by atoms with Gasteiger partial charge < -0.3 is 5.32 Å². The molecule has 1 N–H and O–H groups in total. The molecule has 2 heterocycles. The molecule has 21 heavy (non-hydrogen) atoms. The molecule has 2 aromatic rings. The average Bonchev–Trinajstić information content (AvgIpc) is 2.94. The van der Waals surface area contributed by atoms with Crippen molar-refractivity contribution in [2.24, 2.45) is 0 Å². The summed E-state index contributed by atoms with van der Waals surface area (Å²) in [4.78, 5) is 16.7. The van der Waals surface area contributed by atoms with Gasteiger partial charge in [-0.3, -0.25) is 4.79 Å². The van der Waals surface area contributed by atoms with Crippen LogP contribution >= 0.6 is 0 Å². The molecule has 0 aliphatic carbocycles. The van der Waals surface area contributed by atoms with Gasteiger partial charge in [-0.1, -0.05) is 31.2 Å². The molecule has 1 unspecified atom stereocenters. The van der Waals surface area contributed by atoms with Crippen LogP contribution in [0.25, 0.3) is 0 Å². The molecule has 0 fully saturated rings. The van der Waals surface area contributed by atoms with E-state index >= 15 is 0 Å². The fourth-order valence-corrected chi connectivity index (χ4v) is 2.78. The van der Waals surface area contributed by atoms with Crippen LogP contribution in [0.4, 0.5) is 0 Å². The van der Waals surface area contributed by atoms with Crippen LogP contribution in [-0.2, 0) is 30.7 Å². The van der Waals surface area contributed by atoms with Gasteiger partial charge in [0.05, 0.1) is 12.5 Å². The molecule has 0 spiro atoms. The number of hydrogen-bond donors (Lipinski definition) is 1. The minimum atomic E-state index is -0.119. The third-order valence-electron chi connectivity index (χ3n) is 3.93. The van der Waals surface area contributed by atoms with Gasteiger partial charge in [0.1, 0.15) is 12.2 Å². The first kappa shape index (κ1) is 13.9. The maximum absolute atomic E-state index is 12.5. The lowest BCUT2D eigenvalue weighted by atomic mass is 9.93. The van der Waals surface area contributed by atoms with Crippen molar-refractivity contribution in [3.63, 3.8) is 0 Å². The number of ketones is 1. The molecule has 0 radical (unpaired) electrons. The Kier molecular flexibility index (Phi) is 4.10. The molecule has 5 nitrogen and oxygen atoms in total. The second-order valence-corrected chi connectivity index (χ2v) is 5.45. The van der Waals surface area contributed by atoms with Crippen molar-refractivity contribution < 1.29 is 4.79 Å². The van der Waals surface area contributed by atoms with Gasteiger partial charge >= 0.3 is 0 Å². The summed E-state index contributed by atoms with van der Waals surface area (Å²) in [6.07, 6.45) is 3.62. The first-order valence-electron chi connectivity index (χ1n) is 7.47. The van der Waals surface area contributed by atoms with E-state index < -0.39 is 0 Å². The van der Waals surface area contributed by atoms with Crippen LogP contribution in [0, 0.1) is 0 Å². The molecule has 0 saturated carbocycles. The summed E-state index contributed by atoms with van der Waals surface area (Å²) < 4.78 is 1.83. The highest BCUT2D eigenvalue weighted by atomic mass is 16.1. The number of fused-ring (bicyclic) bond motifs is 1. The molecule has 1 aliphatic rings. The number of carbonyl (C=O) groups is 1. The maximum Gasteiger partial charge on any atom is 0.157 e. The van der Waals surface area contributed by atoms with Gasteiger partial charge in [-0.15, -0.1) is 0 Å². The summed E-state index contributed by atoms with van der Waals surface area (Å²) >= 11 is 0. The molecule has 1 atom stereocenters. The molecular formula is C16H20N4O. The monoisotopic (exact) mass is 284 g/mol. The van der Waals surface area contributed by atoms with Crippen molar-refractivity contribution in [1.29, 1.82) is 0 Å². The van der Waals surface area contributed by atoms with Gasteiger partial charge in [0.2, 0.25) is 0 Å². The van der Waals surface area contributed by atoms with Crippen LogP contribution in [0.15, 0.2) is 30.6 Å². The molecule has 3 rings (SSSR count). The molecular weight excluding hydrogens is 264 g/mol. The molecule has 110 valence electrons. The van der Waals surface area contributed by atoms with Crippen molar-refractivity contribution in [3.05, 3.63) is 47.5 Å². The molecule has 1 aromatic carbocycles. The third kappa shape index (κ3) is 3.03. The summed E-state index contributed by atoms with van der Waals surface area (Å²) in [5, 5.41) is 7.50. The highest BCUT2D eigenvalue weighted by Crippen LogP contribution is 2.17. The van der Waals surface area contributed by atoms with Crippen LogP contribution < -0.4 is 5.32 Å². The van der Waals surface area contributed by atoms with Crippen molar-refractivity contribution in [1.82, 2.24) is 20.1 Å². The largest absolute Gasteiger partial charge is 0.303 e. The number of benzene rings is 1. The van der Waals surface area contributed by atoms with Crippen molar-refractivity contribution in [2.75, 3.05) is 0 Å². The number of Topliss-reactive ketones (excluding diaryl/α,β-unsaturated/α-hetero) is 1. The van der Waals surface area contributed by atoms with E-state index in [1.807, 2.05) is 16.8 Å². The Morgan fingerprint density at radius 2 is 2.19 bits per heavy atom. The minimum absolute atomic E-state index is 0.119. The number of aromatic nitrogens is 3. The van der Waals surface area contributed by atoms with Gasteiger partial charge in [-0.05, 0) is 24.0 Å². The Balaban J connectivity index is 1.68. The van der Waals surface area contributed by atoms with Crippen molar-refractivity contribution in [3.8, 4) is 0 Å². The number of aryl methyl sites for hydroxylation is 1. The van der Waals surface area contributed by atoms with Crippen LogP contribution in [-0.4, -0.2) is 26.6 Å². The van der Waals surface area contributed by atoms with Crippen LogP contribution in [0.1, 0.15) is 30.3 Å². The van der Waals surface area contributed by atoms with Crippen molar-refractivity contribution >= 4 is 5.78 Å². The van der Waals surface area contributed by atoms with E-state index in [0.717, 1.165) is 31.8 Å². The van der Waals surface area contributed by atoms with E-state index in [1.165, 1.54) is 17.5 Å². The smallest absolute Gasteiger partial charge is 0.157 e. The Labute approximate surface area is 124 Å². The first-order valence-corrected chi connectivity index (χ1v) is 7.47. The van der Waals surface area contributed by atoms with Crippen molar-refractivity contribution in [2.45, 2.75) is 45.3 Å². The third-order valence-corrected chi connectivity index (χ3v) is 3.93. The number of hydrogen-bond acceptors (Lipinski definition) is 4. The van der Waals surface area contributed by atoms with E-state index in [1.54, 1.807) is 0 Å². The quantitative estimate of drug-likeness (QED) is 0.904. The van der Waals surface area contributed by atoms with E-state index in [-0.39, 0.29) is 11.8 Å². The normalized spacial score (nSPS) is 17.5. The van der Waals surface area contributed by atoms with E-state index in [9.17, 15) is 4.79 Å². The van der Waals surface area contributed by atoms with Gasteiger partial charge in [-0.25, -0.2) is 9.67 Å². The fraction of sp³-hybridized carbons (Fsp3) is 0.438. The van der Waals surface area contributed by atoms with E-state index in [0.29, 0.717) is 6.42 Å². The summed E-state index contributed by atoms with van der Waals surface area (Å²) in [6, 6.07) is 8.17. The Morgan fingerprint density at radius 3 is 3.00 bits per heavy atom. The molecule has 1 aromatic heterocycles. The molecule has 0 bridgehead atoms. The lowest BCUT2D eigenvalue weighted by molar-refractivity contribution is -0.120. The number of rotatable bonds is 5. The molecule has 0 saturated heterocycles. The zero-order valence-corrected chi connectivity index (χ0v) is 12.2. The molecule has 1 aliphatic heterocycles. The summed E-state index contributed by atoms with van der Waals surface area (Å²) in [5.41, 5.74) is 2.56. The molecule has 0 amide bonds. The lowest BCUT2D eigenvalue weighted by Crippen LogP contribution is -2.42. The summed E-state index contributed by atoms with van der Waals surface area (Å²) in [5.74, 6) is 0.956. The average molecular weight is 284 g/mol. The zero-order chi connectivity index (χ0) is 14.7. The highest BCUT2D eigenvalue weighted by Gasteiger charge is 2.24. The fourth-order valence-electron chi connectivity index (χ4n) is 2.78. The highest BCUT2D eigenvalue weighted by molar-refractivity contribution is 5.86. The molecule has 5 heteroatoms. The predicted molar refractivity (Wildman–Crippen MR) is 79.8 cm³/mol. The van der Waals surface area contributed by atoms with Gasteiger partial charge in [0, 0.05) is 13.1 Å². The van der Waals surface area contributed by atoms with Gasteiger partial charge in [0.15, 0.2) is 5.78 Å². The number of carbonyl (C=O) groups excluding carboxylic acids is 1. The van der Waals surface area contributed by atoms with Gasteiger partial charge in [-0.2, -0.15) is 5.10 Å². The topological polar surface area (TPSA) is 59.8 Å². The second kappa shape index (κ2) is 6.18. The Morgan fingerprint density at radius 1 is 1.38 bits per heavy atom. The minimum Gasteiger partial charge on any atom is -0.303 e. The van der Waals surface area contributed by atoms with E-state index in [2.05, 4.69) is 34.5 Å². The summed E-state index contributed by atoms with van der Waals surface area (Å²) in [7, 11) is 0. The predicted octanol–water partition coefficient (Wildman–Crippen LogP) is 1.51. The van der Waals surface area contributed by atoms with Crippen LogP contribution in [0.3, 0.4) is 0 Å². The standard InChI is InChI=1S/C16H20N4O/c1-2-7-20-16(18-11-19-20)9-15(21)14-8-12-5-3-4-6-13(12)10-17-14/h3-6,11,14,17H,2,7-10H2,1H3.